The number of methoxy groups -OCH3 is 1. The molecule has 0 amide bonds. The molecule has 2 aromatic rings. The number of ether oxygens (including phenoxy) is 1. The molecule has 2 N–H and O–H groups in total. The molecule has 4 heteroatoms. The second-order valence-corrected chi connectivity index (χ2v) is 3.97. The Morgan fingerprint density at radius 3 is 2.72 bits per heavy atom. The summed E-state index contributed by atoms with van der Waals surface area (Å²) >= 11 is 0. The zero-order valence-electron chi connectivity index (χ0n) is 10.5. The Morgan fingerprint density at radius 2 is 2.06 bits per heavy atom. The summed E-state index contributed by atoms with van der Waals surface area (Å²) in [6, 6.07) is 8.95. The number of nitrogen functional groups attached to an aromatic ring is 1. The zero-order valence-corrected chi connectivity index (χ0v) is 10.5. The number of hydrogen-bond donors (Lipinski definition) is 1. The SMILES string of the molecule is CCn1cccc(-c2ccc(N)cc2OC)c1=O. The fraction of sp³-hybridized carbons (Fsp3) is 0.214. The highest BCUT2D eigenvalue weighted by molar-refractivity contribution is 5.72. The minimum atomic E-state index is -0.0249. The number of nitrogens with two attached hydrogens (primary N) is 1. The number of aryl methyl sites for hydroxylation is 1. The molecule has 1 heterocycles. The average Bonchev–Trinajstić information content (AvgIpc) is 2.39. The van der Waals surface area contributed by atoms with Crippen molar-refractivity contribution in [3.05, 3.63) is 46.9 Å². The van der Waals surface area contributed by atoms with Gasteiger partial charge in [0.2, 0.25) is 0 Å². The van der Waals surface area contributed by atoms with E-state index in [2.05, 4.69) is 0 Å². The first-order valence-corrected chi connectivity index (χ1v) is 5.80. The summed E-state index contributed by atoms with van der Waals surface area (Å²) in [5.74, 6) is 0.612. The topological polar surface area (TPSA) is 57.2 Å². The molecule has 0 aliphatic carbocycles. The van der Waals surface area contributed by atoms with E-state index in [9.17, 15) is 4.79 Å². The van der Waals surface area contributed by atoms with Gasteiger partial charge in [-0.1, -0.05) is 0 Å². The van der Waals surface area contributed by atoms with Crippen LogP contribution in [-0.2, 0) is 6.54 Å². The first-order valence-electron chi connectivity index (χ1n) is 5.80. The maximum Gasteiger partial charge on any atom is 0.258 e. The van der Waals surface area contributed by atoms with Gasteiger partial charge in [-0.15, -0.1) is 0 Å². The summed E-state index contributed by atoms with van der Waals surface area (Å²) in [4.78, 5) is 12.2. The number of anilines is 1. The third kappa shape index (κ3) is 2.09. The molecule has 1 aromatic carbocycles. The van der Waals surface area contributed by atoms with Crippen LogP contribution in [0.4, 0.5) is 5.69 Å². The van der Waals surface area contributed by atoms with Crippen molar-refractivity contribution in [1.82, 2.24) is 4.57 Å². The van der Waals surface area contributed by atoms with Crippen LogP contribution in [0.3, 0.4) is 0 Å². The van der Waals surface area contributed by atoms with Crippen molar-refractivity contribution in [2.75, 3.05) is 12.8 Å². The first-order chi connectivity index (χ1) is 8.67. The molecule has 94 valence electrons. The summed E-state index contributed by atoms with van der Waals surface area (Å²) in [6.45, 7) is 2.58. The molecule has 2 rings (SSSR count). The van der Waals surface area contributed by atoms with E-state index in [-0.39, 0.29) is 5.56 Å². The van der Waals surface area contributed by atoms with Crippen molar-refractivity contribution in [2.45, 2.75) is 13.5 Å². The van der Waals surface area contributed by atoms with Crippen molar-refractivity contribution in [1.29, 1.82) is 0 Å². The fourth-order valence-corrected chi connectivity index (χ4v) is 1.92. The van der Waals surface area contributed by atoms with Gasteiger partial charge in [-0.25, -0.2) is 0 Å². The van der Waals surface area contributed by atoms with Crippen molar-refractivity contribution in [3.8, 4) is 16.9 Å². The normalized spacial score (nSPS) is 10.3. The molecule has 0 unspecified atom stereocenters. The molecule has 0 radical (unpaired) electrons. The number of benzene rings is 1. The smallest absolute Gasteiger partial charge is 0.258 e. The number of pyridine rings is 1. The van der Waals surface area contributed by atoms with Gasteiger partial charge in [0.05, 0.1) is 12.7 Å². The Bertz CT molecular complexity index is 617. The lowest BCUT2D eigenvalue weighted by Crippen LogP contribution is -2.19. The second-order valence-electron chi connectivity index (χ2n) is 3.97. The molecule has 0 bridgehead atoms. The van der Waals surface area contributed by atoms with E-state index in [0.29, 0.717) is 23.5 Å². The van der Waals surface area contributed by atoms with Gasteiger partial charge in [0, 0.05) is 30.1 Å². The van der Waals surface area contributed by atoms with Crippen LogP contribution in [-0.4, -0.2) is 11.7 Å². The third-order valence-corrected chi connectivity index (χ3v) is 2.88. The van der Waals surface area contributed by atoms with Crippen molar-refractivity contribution >= 4 is 5.69 Å². The summed E-state index contributed by atoms with van der Waals surface area (Å²) < 4.78 is 6.94. The van der Waals surface area contributed by atoms with Gasteiger partial charge in [-0.3, -0.25) is 4.79 Å². The van der Waals surface area contributed by atoms with Crippen LogP contribution in [0.2, 0.25) is 0 Å². The Hall–Kier alpha value is -2.23. The zero-order chi connectivity index (χ0) is 13.1. The number of hydrogen-bond acceptors (Lipinski definition) is 3. The molecule has 18 heavy (non-hydrogen) atoms. The molecule has 0 aliphatic heterocycles. The molecule has 0 fully saturated rings. The number of rotatable bonds is 3. The van der Waals surface area contributed by atoms with Crippen LogP contribution < -0.4 is 16.0 Å². The van der Waals surface area contributed by atoms with E-state index in [0.717, 1.165) is 5.56 Å². The minimum absolute atomic E-state index is 0.0249. The fourth-order valence-electron chi connectivity index (χ4n) is 1.92. The lowest BCUT2D eigenvalue weighted by atomic mass is 10.1. The summed E-state index contributed by atoms with van der Waals surface area (Å²) in [7, 11) is 1.57. The standard InChI is InChI=1S/C14H16N2O2/c1-3-16-8-4-5-12(14(16)17)11-7-6-10(15)9-13(11)18-2/h4-9H,3,15H2,1-2H3. The number of nitrogens with zero attached hydrogens (tertiary/aromatic N) is 1. The Balaban J connectivity index is 2.66. The molecular formula is C14H16N2O2. The van der Waals surface area contributed by atoms with Crippen LogP contribution >= 0.6 is 0 Å². The molecule has 0 saturated carbocycles. The predicted octanol–water partition coefficient (Wildman–Crippen LogP) is 2.13. The largest absolute Gasteiger partial charge is 0.496 e. The van der Waals surface area contributed by atoms with E-state index in [1.54, 1.807) is 36.1 Å². The van der Waals surface area contributed by atoms with Gasteiger partial charge in [-0.2, -0.15) is 0 Å². The summed E-state index contributed by atoms with van der Waals surface area (Å²) in [5, 5.41) is 0. The molecular weight excluding hydrogens is 228 g/mol. The summed E-state index contributed by atoms with van der Waals surface area (Å²) in [5.41, 5.74) is 7.69. The summed E-state index contributed by atoms with van der Waals surface area (Å²) in [6.07, 6.45) is 1.77. The minimum Gasteiger partial charge on any atom is -0.496 e. The molecule has 0 aliphatic rings. The highest BCUT2D eigenvalue weighted by Gasteiger charge is 2.10. The predicted molar refractivity (Wildman–Crippen MR) is 72.8 cm³/mol. The Labute approximate surface area is 106 Å². The molecule has 0 saturated heterocycles. The van der Waals surface area contributed by atoms with Crippen LogP contribution in [0, 0.1) is 0 Å². The second kappa shape index (κ2) is 4.96. The van der Waals surface area contributed by atoms with E-state index in [4.69, 9.17) is 10.5 Å². The Morgan fingerprint density at radius 1 is 1.28 bits per heavy atom. The maximum absolute atomic E-state index is 12.2. The molecule has 4 nitrogen and oxygen atoms in total. The van der Waals surface area contributed by atoms with Crippen LogP contribution in [0.5, 0.6) is 5.75 Å². The van der Waals surface area contributed by atoms with Gasteiger partial charge < -0.3 is 15.0 Å². The van der Waals surface area contributed by atoms with Crippen molar-refractivity contribution in [3.63, 3.8) is 0 Å². The van der Waals surface area contributed by atoms with Crippen molar-refractivity contribution < 1.29 is 4.74 Å². The highest BCUT2D eigenvalue weighted by atomic mass is 16.5. The van der Waals surface area contributed by atoms with Crippen molar-refractivity contribution in [2.24, 2.45) is 0 Å². The monoisotopic (exact) mass is 244 g/mol. The third-order valence-electron chi connectivity index (χ3n) is 2.88. The highest BCUT2D eigenvalue weighted by Crippen LogP contribution is 2.29. The Kier molecular flexibility index (Phi) is 3.37. The van der Waals surface area contributed by atoms with Gasteiger partial charge in [0.1, 0.15) is 5.75 Å². The lowest BCUT2D eigenvalue weighted by molar-refractivity contribution is 0.416. The van der Waals surface area contributed by atoms with Crippen LogP contribution in [0.25, 0.3) is 11.1 Å². The van der Waals surface area contributed by atoms with Crippen LogP contribution in [0.1, 0.15) is 6.92 Å². The molecule has 0 spiro atoms. The molecule has 1 aromatic heterocycles. The van der Waals surface area contributed by atoms with Gasteiger partial charge in [-0.05, 0) is 31.2 Å². The number of aromatic nitrogens is 1. The average molecular weight is 244 g/mol. The quantitative estimate of drug-likeness (QED) is 0.841. The van der Waals surface area contributed by atoms with Gasteiger partial charge >= 0.3 is 0 Å². The lowest BCUT2D eigenvalue weighted by Gasteiger charge is -2.10. The van der Waals surface area contributed by atoms with E-state index in [1.807, 2.05) is 19.1 Å². The first kappa shape index (κ1) is 12.2. The van der Waals surface area contributed by atoms with E-state index in [1.165, 1.54) is 0 Å². The van der Waals surface area contributed by atoms with E-state index >= 15 is 0 Å². The van der Waals surface area contributed by atoms with E-state index < -0.39 is 0 Å². The van der Waals surface area contributed by atoms with Crippen LogP contribution in [0.15, 0.2) is 41.3 Å². The van der Waals surface area contributed by atoms with Gasteiger partial charge in [0.25, 0.3) is 5.56 Å². The maximum atomic E-state index is 12.2. The molecule has 0 atom stereocenters. The van der Waals surface area contributed by atoms with Gasteiger partial charge in [0.15, 0.2) is 0 Å².